The normalized spacial score (nSPS) is 14.9. The highest BCUT2D eigenvalue weighted by atomic mass is 16.4. The van der Waals surface area contributed by atoms with Crippen LogP contribution in [-0.4, -0.2) is 33.5 Å². The van der Waals surface area contributed by atoms with Gasteiger partial charge >= 0.3 is 11.9 Å². The number of nitrogens with zero attached hydrogens (tertiary/aromatic N) is 3. The van der Waals surface area contributed by atoms with Crippen LogP contribution in [0.3, 0.4) is 0 Å². The molecule has 1 aliphatic heterocycles. The molecule has 8 nitrogen and oxygen atoms in total. The molecule has 0 bridgehead atoms. The van der Waals surface area contributed by atoms with Gasteiger partial charge in [0.05, 0.1) is 22.6 Å². The molecule has 0 aromatic heterocycles. The van der Waals surface area contributed by atoms with E-state index < -0.39 is 5.97 Å². The molecule has 0 spiro atoms. The minimum Gasteiger partial charge on any atom is -0.505 e. The van der Waals surface area contributed by atoms with Gasteiger partial charge in [-0.3, -0.25) is 10.2 Å². The minimum absolute atomic E-state index is 0.00521. The summed E-state index contributed by atoms with van der Waals surface area (Å²) in [6.07, 6.45) is 0. The second-order valence-corrected chi connectivity index (χ2v) is 9.26. The number of rotatable bonds is 5. The second kappa shape index (κ2) is 9.06. The number of aromatic carboxylic acids is 1. The Morgan fingerprint density at radius 2 is 1.71 bits per heavy atom. The van der Waals surface area contributed by atoms with Crippen LogP contribution in [0.15, 0.2) is 76.9 Å². The number of carbonyl (C=O) groups excluding carboxylic acids is 1. The molecule has 8 heteroatoms. The molecule has 3 aromatic rings. The zero-order valence-electron chi connectivity index (χ0n) is 19.9. The largest absolute Gasteiger partial charge is 0.505 e. The molecule has 4 rings (SSSR count). The first kappa shape index (κ1) is 23.7. The average molecular weight is 471 g/mol. The number of nitrogens with one attached hydrogen (secondary N) is 1. The van der Waals surface area contributed by atoms with Crippen molar-refractivity contribution in [2.24, 2.45) is 10.2 Å². The number of carboxylic acids is 1. The zero-order valence-corrected chi connectivity index (χ0v) is 19.9. The molecule has 0 atom stereocenters. The lowest BCUT2D eigenvalue weighted by molar-refractivity contribution is -0.112. The Kier molecular flexibility index (Phi) is 6.13. The molecule has 0 saturated carbocycles. The van der Waals surface area contributed by atoms with E-state index >= 15 is 0 Å². The van der Waals surface area contributed by atoms with Gasteiger partial charge in [0.15, 0.2) is 5.71 Å². The first-order chi connectivity index (χ1) is 16.6. The lowest BCUT2D eigenvalue weighted by Gasteiger charge is -2.20. The third kappa shape index (κ3) is 4.77. The van der Waals surface area contributed by atoms with Crippen LogP contribution in [0.4, 0.5) is 11.4 Å². The number of amides is 1. The maximum absolute atomic E-state index is 13.0. The van der Waals surface area contributed by atoms with Crippen LogP contribution in [0.25, 0.3) is 11.1 Å². The summed E-state index contributed by atoms with van der Waals surface area (Å²) in [4.78, 5) is 24.3. The molecule has 1 heterocycles. The lowest BCUT2D eigenvalue weighted by atomic mass is 9.87. The summed E-state index contributed by atoms with van der Waals surface area (Å²) in [5.74, 6) is -1.56. The summed E-state index contributed by atoms with van der Waals surface area (Å²) < 4.78 is 0. The monoisotopic (exact) mass is 470 g/mol. The summed E-state index contributed by atoms with van der Waals surface area (Å²) in [6, 6.07) is 18.9. The quantitative estimate of drug-likeness (QED) is 0.348. The SMILES string of the molecule is CC1=NN(c2ccc(C(C)(C)C)cc2)C(=O)/C1=N\Nc1cccc(-c2cccc(C(=O)O)c2)c1O. The van der Waals surface area contributed by atoms with Crippen LogP contribution in [0.5, 0.6) is 5.75 Å². The maximum atomic E-state index is 13.0. The third-order valence-electron chi connectivity index (χ3n) is 5.71. The predicted octanol–water partition coefficient (Wildman–Crippen LogP) is 5.25. The zero-order chi connectivity index (χ0) is 25.3. The first-order valence-electron chi connectivity index (χ1n) is 11.1. The van der Waals surface area contributed by atoms with Gasteiger partial charge in [-0.25, -0.2) is 4.79 Å². The minimum atomic E-state index is -1.06. The van der Waals surface area contributed by atoms with Crippen LogP contribution in [0.1, 0.15) is 43.6 Å². The van der Waals surface area contributed by atoms with E-state index in [1.54, 1.807) is 37.3 Å². The third-order valence-corrected chi connectivity index (χ3v) is 5.71. The number of hydrogen-bond donors (Lipinski definition) is 3. The Morgan fingerprint density at radius 1 is 1.03 bits per heavy atom. The Hall–Kier alpha value is -4.46. The van der Waals surface area contributed by atoms with Crippen molar-refractivity contribution in [3.8, 4) is 16.9 Å². The smallest absolute Gasteiger partial charge is 0.335 e. The number of carbonyl (C=O) groups is 2. The number of anilines is 2. The van der Waals surface area contributed by atoms with Gasteiger partial charge in [0.25, 0.3) is 0 Å². The molecule has 0 saturated heterocycles. The molecule has 1 aliphatic rings. The number of para-hydroxylation sites is 1. The van der Waals surface area contributed by atoms with E-state index in [0.717, 1.165) is 5.56 Å². The Labute approximate surface area is 203 Å². The van der Waals surface area contributed by atoms with Crippen molar-refractivity contribution < 1.29 is 19.8 Å². The lowest BCUT2D eigenvalue weighted by Crippen LogP contribution is -2.28. The van der Waals surface area contributed by atoms with Crippen molar-refractivity contribution in [2.75, 3.05) is 10.4 Å². The number of hydrogen-bond acceptors (Lipinski definition) is 6. The van der Waals surface area contributed by atoms with Gasteiger partial charge in [0, 0.05) is 5.56 Å². The van der Waals surface area contributed by atoms with Gasteiger partial charge < -0.3 is 10.2 Å². The van der Waals surface area contributed by atoms with E-state index in [2.05, 4.69) is 36.4 Å². The number of phenols is 1. The fourth-order valence-corrected chi connectivity index (χ4v) is 3.71. The molecule has 1 amide bonds. The molecule has 0 aliphatic carbocycles. The summed E-state index contributed by atoms with van der Waals surface area (Å²) >= 11 is 0. The van der Waals surface area contributed by atoms with Gasteiger partial charge in [-0.2, -0.15) is 15.2 Å². The van der Waals surface area contributed by atoms with Crippen LogP contribution >= 0.6 is 0 Å². The van der Waals surface area contributed by atoms with Crippen molar-refractivity contribution in [3.05, 3.63) is 77.9 Å². The number of aromatic hydroxyl groups is 1. The van der Waals surface area contributed by atoms with Crippen molar-refractivity contribution >= 4 is 34.7 Å². The summed E-state index contributed by atoms with van der Waals surface area (Å²) in [6.45, 7) is 8.05. The van der Waals surface area contributed by atoms with Crippen LogP contribution in [-0.2, 0) is 10.2 Å². The van der Waals surface area contributed by atoms with E-state index in [1.165, 1.54) is 17.1 Å². The molecule has 0 unspecified atom stereocenters. The molecule has 3 N–H and O–H groups in total. The number of hydrazone groups is 2. The highest BCUT2D eigenvalue weighted by molar-refractivity contribution is 6.71. The highest BCUT2D eigenvalue weighted by Gasteiger charge is 2.31. The van der Waals surface area contributed by atoms with Gasteiger partial charge in [-0.1, -0.05) is 57.2 Å². The molecular weight excluding hydrogens is 444 g/mol. The van der Waals surface area contributed by atoms with Crippen LogP contribution in [0.2, 0.25) is 0 Å². The fourth-order valence-electron chi connectivity index (χ4n) is 3.71. The number of carboxylic acid groups (broad SMARTS) is 1. The predicted molar refractivity (Wildman–Crippen MR) is 137 cm³/mol. The van der Waals surface area contributed by atoms with Crippen LogP contribution in [0, 0.1) is 0 Å². The standard InChI is InChI=1S/C27H26N4O4/c1-16-23(25(33)31(30-16)20-13-11-19(12-14-20)27(2,3)4)29-28-22-10-6-9-21(24(22)32)17-7-5-8-18(15-17)26(34)35/h5-15,28,32H,1-4H3,(H,34,35)/b29-23-. The van der Waals surface area contributed by atoms with Crippen molar-refractivity contribution in [2.45, 2.75) is 33.1 Å². The van der Waals surface area contributed by atoms with E-state index in [4.69, 9.17) is 0 Å². The topological polar surface area (TPSA) is 115 Å². The van der Waals surface area contributed by atoms with Gasteiger partial charge in [0.1, 0.15) is 5.75 Å². The highest BCUT2D eigenvalue weighted by Crippen LogP contribution is 2.36. The summed E-state index contributed by atoms with van der Waals surface area (Å²) in [7, 11) is 0. The molecule has 178 valence electrons. The van der Waals surface area contributed by atoms with E-state index in [9.17, 15) is 19.8 Å². The molecule has 3 aromatic carbocycles. The number of benzene rings is 3. The molecule has 0 radical (unpaired) electrons. The number of phenolic OH excluding ortho intramolecular Hbond substituents is 1. The molecule has 35 heavy (non-hydrogen) atoms. The van der Waals surface area contributed by atoms with E-state index in [0.29, 0.717) is 22.5 Å². The van der Waals surface area contributed by atoms with Gasteiger partial charge in [-0.15, -0.1) is 0 Å². The summed E-state index contributed by atoms with van der Waals surface area (Å²) in [5.41, 5.74) is 6.45. The van der Waals surface area contributed by atoms with Gasteiger partial charge in [-0.05, 0) is 53.8 Å². The fraction of sp³-hybridized carbons (Fsp3) is 0.185. The van der Waals surface area contributed by atoms with Crippen LogP contribution < -0.4 is 10.4 Å². The Morgan fingerprint density at radius 3 is 2.37 bits per heavy atom. The van der Waals surface area contributed by atoms with Crippen molar-refractivity contribution in [3.63, 3.8) is 0 Å². The van der Waals surface area contributed by atoms with Crippen molar-refractivity contribution in [1.82, 2.24) is 0 Å². The Bertz CT molecular complexity index is 1370. The molecule has 0 fully saturated rings. The Balaban J connectivity index is 1.57. The van der Waals surface area contributed by atoms with Crippen molar-refractivity contribution in [1.29, 1.82) is 0 Å². The maximum Gasteiger partial charge on any atom is 0.335 e. The van der Waals surface area contributed by atoms with E-state index in [-0.39, 0.29) is 34.0 Å². The average Bonchev–Trinajstić information content (AvgIpc) is 3.11. The van der Waals surface area contributed by atoms with Gasteiger partial charge in [0.2, 0.25) is 0 Å². The van der Waals surface area contributed by atoms with E-state index in [1.807, 2.05) is 24.3 Å². The molecular formula is C27H26N4O4. The first-order valence-corrected chi connectivity index (χ1v) is 11.1. The summed E-state index contributed by atoms with van der Waals surface area (Å²) in [5, 5.41) is 29.9. The second-order valence-electron chi connectivity index (χ2n) is 9.26.